The Morgan fingerprint density at radius 2 is 1.71 bits per heavy atom. The fourth-order valence-electron chi connectivity index (χ4n) is 4.50. The summed E-state index contributed by atoms with van der Waals surface area (Å²) in [6.45, 7) is 5.35. The quantitative estimate of drug-likeness (QED) is 0.541. The summed E-state index contributed by atoms with van der Waals surface area (Å²) in [7, 11) is -4.21. The summed E-state index contributed by atoms with van der Waals surface area (Å²) in [4.78, 5) is 26.0. The second kappa shape index (κ2) is 9.50. The number of nitrogens with one attached hydrogen (secondary N) is 2. The first-order chi connectivity index (χ1) is 16.6. The van der Waals surface area contributed by atoms with Gasteiger partial charge in [0.25, 0.3) is 10.0 Å². The summed E-state index contributed by atoms with van der Waals surface area (Å²) in [6, 6.07) is 14.6. The van der Waals surface area contributed by atoms with Crippen molar-refractivity contribution in [2.75, 3.05) is 9.62 Å². The van der Waals surface area contributed by atoms with Gasteiger partial charge in [-0.1, -0.05) is 42.0 Å². The number of rotatable bonds is 6. The molecular weight excluding hydrogens is 469 g/mol. The fourth-order valence-corrected chi connectivity index (χ4v) is 6.55. The maximum absolute atomic E-state index is 14.0. The van der Waals surface area contributed by atoms with Gasteiger partial charge < -0.3 is 10.6 Å². The van der Waals surface area contributed by atoms with E-state index in [2.05, 4.69) is 10.6 Å². The third-order valence-corrected chi connectivity index (χ3v) is 7.99. The zero-order valence-electron chi connectivity index (χ0n) is 19.6. The first-order valence-corrected chi connectivity index (χ1v) is 12.6. The topological polar surface area (TPSA) is 95.6 Å². The number of sulfonamides is 1. The second-order valence-electron chi connectivity index (χ2n) is 8.66. The molecule has 3 aromatic carbocycles. The van der Waals surface area contributed by atoms with E-state index >= 15 is 0 Å². The SMILES string of the molecule is Cc1cc(C)c(S(=O)(=O)N2c3ccccc3NC(=O)C2CC(=O)NCc2cccc(F)c2)c(C)c1. The number of aryl methyl sites for hydroxylation is 3. The number of carbonyl (C=O) groups excluding carboxylic acids is 2. The van der Waals surface area contributed by atoms with Crippen LogP contribution >= 0.6 is 0 Å². The molecule has 1 aliphatic rings. The molecule has 1 unspecified atom stereocenters. The average molecular weight is 496 g/mol. The lowest BCUT2D eigenvalue weighted by Crippen LogP contribution is -2.53. The van der Waals surface area contributed by atoms with Crippen LogP contribution in [0.25, 0.3) is 0 Å². The van der Waals surface area contributed by atoms with Crippen LogP contribution in [0, 0.1) is 26.6 Å². The number of para-hydroxylation sites is 2. The van der Waals surface area contributed by atoms with Crippen molar-refractivity contribution in [1.29, 1.82) is 0 Å². The van der Waals surface area contributed by atoms with Gasteiger partial charge in [0.15, 0.2) is 0 Å². The number of nitrogens with zero attached hydrogens (tertiary/aromatic N) is 1. The number of anilines is 2. The summed E-state index contributed by atoms with van der Waals surface area (Å²) >= 11 is 0. The molecule has 4 rings (SSSR count). The monoisotopic (exact) mass is 495 g/mol. The van der Waals surface area contributed by atoms with Gasteiger partial charge in [-0.05, 0) is 61.7 Å². The average Bonchev–Trinajstić information content (AvgIpc) is 2.77. The van der Waals surface area contributed by atoms with Crippen molar-refractivity contribution >= 4 is 33.2 Å². The normalized spacial score (nSPS) is 15.4. The van der Waals surface area contributed by atoms with Gasteiger partial charge in [-0.15, -0.1) is 0 Å². The molecule has 182 valence electrons. The lowest BCUT2D eigenvalue weighted by Gasteiger charge is -2.37. The molecule has 35 heavy (non-hydrogen) atoms. The van der Waals surface area contributed by atoms with Gasteiger partial charge in [-0.25, -0.2) is 12.8 Å². The van der Waals surface area contributed by atoms with E-state index in [0.717, 1.165) is 9.87 Å². The first kappa shape index (κ1) is 24.4. The molecule has 2 N–H and O–H groups in total. The van der Waals surface area contributed by atoms with Crippen molar-refractivity contribution in [3.05, 3.63) is 88.7 Å². The standard InChI is InChI=1S/C26H26FN3O4S/c1-16-11-17(2)25(18(3)12-16)35(33,34)30-22-10-5-4-9-21(22)29-26(32)23(30)14-24(31)28-15-19-7-6-8-20(27)13-19/h4-13,23H,14-15H2,1-3H3,(H,28,31)(H,29,32). The van der Waals surface area contributed by atoms with Gasteiger partial charge in [0.2, 0.25) is 11.8 Å². The Kier molecular flexibility index (Phi) is 6.62. The number of amides is 2. The molecule has 7 nitrogen and oxygen atoms in total. The van der Waals surface area contributed by atoms with E-state index in [0.29, 0.717) is 22.4 Å². The molecule has 0 saturated carbocycles. The molecule has 2 amide bonds. The third-order valence-electron chi connectivity index (χ3n) is 5.86. The van der Waals surface area contributed by atoms with E-state index in [1.54, 1.807) is 56.3 Å². The van der Waals surface area contributed by atoms with Crippen LogP contribution in [0.4, 0.5) is 15.8 Å². The van der Waals surface area contributed by atoms with Crippen LogP contribution in [0.15, 0.2) is 65.6 Å². The van der Waals surface area contributed by atoms with E-state index in [1.807, 2.05) is 6.92 Å². The number of fused-ring (bicyclic) bond motifs is 1. The minimum Gasteiger partial charge on any atom is -0.352 e. The number of halogens is 1. The Hall–Kier alpha value is -3.72. The third kappa shape index (κ3) is 4.90. The zero-order chi connectivity index (χ0) is 25.3. The molecule has 0 spiro atoms. The van der Waals surface area contributed by atoms with E-state index in [4.69, 9.17) is 0 Å². The molecule has 0 fully saturated rings. The number of carbonyl (C=O) groups is 2. The van der Waals surface area contributed by atoms with Crippen molar-refractivity contribution in [2.24, 2.45) is 0 Å². The smallest absolute Gasteiger partial charge is 0.265 e. The van der Waals surface area contributed by atoms with E-state index < -0.39 is 40.1 Å². The summed E-state index contributed by atoms with van der Waals surface area (Å²) in [5, 5.41) is 5.37. The predicted molar refractivity (Wildman–Crippen MR) is 132 cm³/mol. The van der Waals surface area contributed by atoms with Crippen molar-refractivity contribution in [2.45, 2.75) is 44.7 Å². The van der Waals surface area contributed by atoms with Crippen LogP contribution in [0.2, 0.25) is 0 Å². The highest BCUT2D eigenvalue weighted by molar-refractivity contribution is 7.93. The van der Waals surface area contributed by atoms with Gasteiger partial charge in [0, 0.05) is 6.54 Å². The summed E-state index contributed by atoms with van der Waals surface area (Å²) in [5.74, 6) is -1.57. The molecule has 0 saturated heterocycles. The van der Waals surface area contributed by atoms with Crippen LogP contribution in [0.5, 0.6) is 0 Å². The van der Waals surface area contributed by atoms with Gasteiger partial charge >= 0.3 is 0 Å². The van der Waals surface area contributed by atoms with Gasteiger partial charge in [-0.2, -0.15) is 0 Å². The molecule has 1 heterocycles. The van der Waals surface area contributed by atoms with Crippen molar-refractivity contribution in [3.8, 4) is 0 Å². The molecule has 0 aromatic heterocycles. The first-order valence-electron chi connectivity index (χ1n) is 11.1. The molecule has 0 bridgehead atoms. The molecule has 3 aromatic rings. The van der Waals surface area contributed by atoms with E-state index in [1.165, 1.54) is 18.2 Å². The van der Waals surface area contributed by atoms with Gasteiger partial charge in [0.05, 0.1) is 22.7 Å². The highest BCUT2D eigenvalue weighted by Crippen LogP contribution is 2.38. The Labute approximate surface area is 204 Å². The molecule has 9 heteroatoms. The van der Waals surface area contributed by atoms with Crippen LogP contribution in [-0.2, 0) is 26.2 Å². The number of hydrogen-bond donors (Lipinski definition) is 2. The van der Waals surface area contributed by atoms with E-state index in [-0.39, 0.29) is 17.1 Å². The fraction of sp³-hybridized carbons (Fsp3) is 0.231. The van der Waals surface area contributed by atoms with Gasteiger partial charge in [-0.3, -0.25) is 13.9 Å². The predicted octanol–water partition coefficient (Wildman–Crippen LogP) is 3.97. The minimum atomic E-state index is -4.21. The molecule has 0 radical (unpaired) electrons. The van der Waals surface area contributed by atoms with Gasteiger partial charge in [0.1, 0.15) is 11.9 Å². The highest BCUT2D eigenvalue weighted by Gasteiger charge is 2.42. The van der Waals surface area contributed by atoms with Crippen LogP contribution in [0.1, 0.15) is 28.7 Å². The van der Waals surface area contributed by atoms with E-state index in [9.17, 15) is 22.4 Å². The second-order valence-corrected chi connectivity index (χ2v) is 10.4. The van der Waals surface area contributed by atoms with Crippen LogP contribution in [-0.4, -0.2) is 26.3 Å². The molecule has 0 aliphatic carbocycles. The zero-order valence-corrected chi connectivity index (χ0v) is 20.4. The minimum absolute atomic E-state index is 0.0461. The maximum Gasteiger partial charge on any atom is 0.265 e. The Balaban J connectivity index is 1.70. The lowest BCUT2D eigenvalue weighted by molar-refractivity contribution is -0.125. The summed E-state index contributed by atoms with van der Waals surface area (Å²) < 4.78 is 42.6. The molecular formula is C26H26FN3O4S. The lowest BCUT2D eigenvalue weighted by atomic mass is 10.1. The maximum atomic E-state index is 14.0. The Bertz CT molecular complexity index is 1400. The van der Waals surface area contributed by atoms with Crippen molar-refractivity contribution in [1.82, 2.24) is 5.32 Å². The van der Waals surface area contributed by atoms with Crippen molar-refractivity contribution in [3.63, 3.8) is 0 Å². The molecule has 1 atom stereocenters. The van der Waals surface area contributed by atoms with Crippen LogP contribution < -0.4 is 14.9 Å². The highest BCUT2D eigenvalue weighted by atomic mass is 32.2. The molecule has 1 aliphatic heterocycles. The largest absolute Gasteiger partial charge is 0.352 e. The number of benzene rings is 3. The number of hydrogen-bond acceptors (Lipinski definition) is 4. The van der Waals surface area contributed by atoms with Crippen LogP contribution in [0.3, 0.4) is 0 Å². The summed E-state index contributed by atoms with van der Waals surface area (Å²) in [5.41, 5.74) is 3.21. The van der Waals surface area contributed by atoms with Crippen molar-refractivity contribution < 1.29 is 22.4 Å². The Morgan fingerprint density at radius 1 is 1.03 bits per heavy atom. The Morgan fingerprint density at radius 3 is 2.40 bits per heavy atom. The summed E-state index contributed by atoms with van der Waals surface area (Å²) in [6.07, 6.45) is -0.404.